The van der Waals surface area contributed by atoms with E-state index in [2.05, 4.69) is 20.8 Å². The van der Waals surface area contributed by atoms with Gasteiger partial charge in [-0.25, -0.2) is 14.2 Å². The van der Waals surface area contributed by atoms with E-state index in [9.17, 15) is 18.4 Å². The SMILES string of the molecule is Cc1c(C(=O)Nc2ccc(F)cc2F)oc2c1/C(=N/NC(=O)c1ccncc1)CCC2. The lowest BCUT2D eigenvalue weighted by molar-refractivity contribution is 0.0953. The first-order chi connectivity index (χ1) is 14.9. The molecule has 2 amide bonds. The Morgan fingerprint density at radius 1 is 1.10 bits per heavy atom. The molecule has 2 N–H and O–H groups in total. The summed E-state index contributed by atoms with van der Waals surface area (Å²) in [6, 6.07) is 6.02. The molecule has 0 saturated heterocycles. The number of rotatable bonds is 4. The molecule has 1 aliphatic rings. The van der Waals surface area contributed by atoms with Crippen molar-refractivity contribution in [2.75, 3.05) is 5.32 Å². The molecule has 0 unspecified atom stereocenters. The van der Waals surface area contributed by atoms with Crippen LogP contribution in [0.15, 0.2) is 52.2 Å². The van der Waals surface area contributed by atoms with Crippen molar-refractivity contribution in [2.24, 2.45) is 5.10 Å². The molecule has 0 radical (unpaired) electrons. The third kappa shape index (κ3) is 4.20. The number of hydrogen-bond acceptors (Lipinski definition) is 5. The van der Waals surface area contributed by atoms with Gasteiger partial charge in [-0.1, -0.05) is 0 Å². The Labute approximate surface area is 176 Å². The van der Waals surface area contributed by atoms with E-state index in [1.165, 1.54) is 12.4 Å². The number of pyridine rings is 1. The third-order valence-electron chi connectivity index (χ3n) is 4.95. The number of anilines is 1. The van der Waals surface area contributed by atoms with Crippen LogP contribution in [0.1, 0.15) is 50.6 Å². The third-order valence-corrected chi connectivity index (χ3v) is 4.95. The van der Waals surface area contributed by atoms with Gasteiger partial charge < -0.3 is 9.73 Å². The minimum absolute atomic E-state index is 0.0174. The Morgan fingerprint density at radius 3 is 2.61 bits per heavy atom. The van der Waals surface area contributed by atoms with Crippen molar-refractivity contribution < 1.29 is 22.8 Å². The molecule has 158 valence electrons. The molecule has 0 fully saturated rings. The summed E-state index contributed by atoms with van der Waals surface area (Å²) in [6.45, 7) is 1.70. The highest BCUT2D eigenvalue weighted by molar-refractivity contribution is 6.09. The highest BCUT2D eigenvalue weighted by Crippen LogP contribution is 2.30. The molecule has 0 aliphatic heterocycles. The largest absolute Gasteiger partial charge is 0.455 e. The molecule has 0 bridgehead atoms. The van der Waals surface area contributed by atoms with Gasteiger partial charge in [0.1, 0.15) is 17.4 Å². The first-order valence-corrected chi connectivity index (χ1v) is 9.60. The topological polar surface area (TPSA) is 96.6 Å². The zero-order chi connectivity index (χ0) is 22.0. The molecule has 9 heteroatoms. The number of halogens is 2. The van der Waals surface area contributed by atoms with E-state index in [1.807, 2.05) is 0 Å². The van der Waals surface area contributed by atoms with E-state index in [-0.39, 0.29) is 17.4 Å². The van der Waals surface area contributed by atoms with Crippen molar-refractivity contribution in [1.82, 2.24) is 10.4 Å². The highest BCUT2D eigenvalue weighted by Gasteiger charge is 2.28. The first kappa shape index (κ1) is 20.4. The second kappa shape index (κ2) is 8.47. The number of amides is 2. The molecule has 31 heavy (non-hydrogen) atoms. The number of carbonyl (C=O) groups is 2. The molecule has 0 spiro atoms. The summed E-state index contributed by atoms with van der Waals surface area (Å²) in [5.41, 5.74) is 4.57. The molecular weight excluding hydrogens is 406 g/mol. The monoisotopic (exact) mass is 424 g/mol. The molecule has 2 aromatic heterocycles. The van der Waals surface area contributed by atoms with Gasteiger partial charge in [-0.05, 0) is 44.0 Å². The van der Waals surface area contributed by atoms with E-state index in [0.717, 1.165) is 18.6 Å². The number of hydrogen-bond donors (Lipinski definition) is 2. The molecule has 3 aromatic rings. The van der Waals surface area contributed by atoms with Gasteiger partial charge in [0.05, 0.1) is 11.4 Å². The smallest absolute Gasteiger partial charge is 0.291 e. The molecule has 0 saturated carbocycles. The minimum Gasteiger partial charge on any atom is -0.455 e. The summed E-state index contributed by atoms with van der Waals surface area (Å²) in [5, 5.41) is 6.65. The van der Waals surface area contributed by atoms with Crippen LogP contribution in [-0.4, -0.2) is 22.5 Å². The molecule has 0 atom stereocenters. The molecule has 7 nitrogen and oxygen atoms in total. The van der Waals surface area contributed by atoms with Crippen molar-refractivity contribution >= 4 is 23.2 Å². The Morgan fingerprint density at radius 2 is 1.87 bits per heavy atom. The normalized spacial score (nSPS) is 14.2. The second-order valence-electron chi connectivity index (χ2n) is 7.02. The molecule has 1 aromatic carbocycles. The van der Waals surface area contributed by atoms with Crippen LogP contribution >= 0.6 is 0 Å². The summed E-state index contributed by atoms with van der Waals surface area (Å²) < 4.78 is 32.7. The number of furan rings is 1. The van der Waals surface area contributed by atoms with Crippen LogP contribution in [0.2, 0.25) is 0 Å². The van der Waals surface area contributed by atoms with Crippen LogP contribution in [0, 0.1) is 18.6 Å². The zero-order valence-corrected chi connectivity index (χ0v) is 16.5. The predicted octanol–water partition coefficient (Wildman–Crippen LogP) is 3.98. The van der Waals surface area contributed by atoms with Crippen molar-refractivity contribution in [3.63, 3.8) is 0 Å². The summed E-state index contributed by atoms with van der Waals surface area (Å²) >= 11 is 0. The minimum atomic E-state index is -0.886. The Balaban J connectivity index is 1.58. The van der Waals surface area contributed by atoms with E-state index < -0.39 is 17.5 Å². The van der Waals surface area contributed by atoms with Gasteiger partial charge in [-0.2, -0.15) is 5.10 Å². The average Bonchev–Trinajstić information content (AvgIpc) is 3.12. The number of hydrazone groups is 1. The molecular formula is C22H18F2N4O3. The standard InChI is InChI=1S/C22H18F2N4O3/c1-12-19-17(27-28-21(29)13-7-9-25-10-8-13)3-2-4-18(19)31-20(12)22(30)26-16-6-5-14(23)11-15(16)24/h5-11H,2-4H2,1H3,(H,26,30)(H,28,29)/b27-17+. The summed E-state index contributed by atoms with van der Waals surface area (Å²) in [7, 11) is 0. The Kier molecular flexibility index (Phi) is 5.57. The van der Waals surface area contributed by atoms with Crippen molar-refractivity contribution in [3.05, 3.63) is 82.6 Å². The van der Waals surface area contributed by atoms with E-state index in [0.29, 0.717) is 47.1 Å². The Hall–Kier alpha value is -3.88. The average molecular weight is 424 g/mol. The number of carbonyl (C=O) groups excluding carboxylic acids is 2. The van der Waals surface area contributed by atoms with Crippen LogP contribution in [0.25, 0.3) is 0 Å². The van der Waals surface area contributed by atoms with Gasteiger partial charge in [-0.3, -0.25) is 14.6 Å². The number of aryl methyl sites for hydroxylation is 1. The summed E-state index contributed by atoms with van der Waals surface area (Å²) in [6.07, 6.45) is 4.95. The fourth-order valence-corrected chi connectivity index (χ4v) is 3.45. The maximum absolute atomic E-state index is 13.9. The molecule has 4 rings (SSSR count). The van der Waals surface area contributed by atoms with Crippen LogP contribution in [0.4, 0.5) is 14.5 Å². The number of nitrogens with one attached hydrogen (secondary N) is 2. The lowest BCUT2D eigenvalue weighted by Gasteiger charge is -2.13. The number of nitrogens with zero attached hydrogens (tertiary/aromatic N) is 2. The van der Waals surface area contributed by atoms with Gasteiger partial charge in [0.25, 0.3) is 11.8 Å². The quantitative estimate of drug-likeness (QED) is 0.619. The zero-order valence-electron chi connectivity index (χ0n) is 16.5. The summed E-state index contributed by atoms with van der Waals surface area (Å²) in [5.74, 6) is -2.07. The molecule has 1 aliphatic carbocycles. The fraction of sp³-hybridized carbons (Fsp3) is 0.182. The van der Waals surface area contributed by atoms with Gasteiger partial charge >= 0.3 is 0 Å². The van der Waals surface area contributed by atoms with Gasteiger partial charge in [-0.15, -0.1) is 0 Å². The van der Waals surface area contributed by atoms with Crippen LogP contribution in [-0.2, 0) is 6.42 Å². The maximum Gasteiger partial charge on any atom is 0.291 e. The van der Waals surface area contributed by atoms with E-state index >= 15 is 0 Å². The van der Waals surface area contributed by atoms with Crippen molar-refractivity contribution in [1.29, 1.82) is 0 Å². The van der Waals surface area contributed by atoms with Crippen molar-refractivity contribution in [2.45, 2.75) is 26.2 Å². The van der Waals surface area contributed by atoms with Crippen LogP contribution in [0.5, 0.6) is 0 Å². The lowest BCUT2D eigenvalue weighted by Crippen LogP contribution is -2.22. The van der Waals surface area contributed by atoms with E-state index in [1.54, 1.807) is 19.1 Å². The van der Waals surface area contributed by atoms with Crippen molar-refractivity contribution in [3.8, 4) is 0 Å². The number of fused-ring (bicyclic) bond motifs is 1. The Bertz CT molecular complexity index is 1190. The highest BCUT2D eigenvalue weighted by atomic mass is 19.1. The van der Waals surface area contributed by atoms with E-state index in [4.69, 9.17) is 4.42 Å². The van der Waals surface area contributed by atoms with Gasteiger partial charge in [0.2, 0.25) is 0 Å². The van der Waals surface area contributed by atoms with Gasteiger partial charge in [0.15, 0.2) is 5.76 Å². The number of aromatic nitrogens is 1. The fourth-order valence-electron chi connectivity index (χ4n) is 3.45. The second-order valence-corrected chi connectivity index (χ2v) is 7.02. The lowest BCUT2D eigenvalue weighted by atomic mass is 9.93. The van der Waals surface area contributed by atoms with Gasteiger partial charge in [0, 0.05) is 41.6 Å². The maximum atomic E-state index is 13.9. The van der Waals surface area contributed by atoms with Crippen LogP contribution < -0.4 is 10.7 Å². The predicted molar refractivity (Wildman–Crippen MR) is 109 cm³/mol. The first-order valence-electron chi connectivity index (χ1n) is 9.60. The number of benzene rings is 1. The summed E-state index contributed by atoms with van der Waals surface area (Å²) in [4.78, 5) is 28.8. The molecule has 2 heterocycles. The van der Waals surface area contributed by atoms with Crippen LogP contribution in [0.3, 0.4) is 0 Å².